The molecule has 2 N–H and O–H groups in total. The Morgan fingerprint density at radius 2 is 1.96 bits per heavy atom. The lowest BCUT2D eigenvalue weighted by Gasteiger charge is -2.21. The number of aromatic carboxylic acids is 1. The first-order chi connectivity index (χ1) is 10.6. The molecular formula is C16H18ClN3O3. The first-order valence-corrected chi connectivity index (χ1v) is 7.35. The van der Waals surface area contributed by atoms with Gasteiger partial charge in [0, 0.05) is 17.8 Å². The number of hydrogen-bond donors (Lipinski definition) is 2. The van der Waals surface area contributed by atoms with E-state index in [1.807, 2.05) is 26.8 Å². The Balaban J connectivity index is 2.30. The summed E-state index contributed by atoms with van der Waals surface area (Å²) in [6.07, 6.45) is 1.15. The van der Waals surface area contributed by atoms with Crippen LogP contribution in [0.5, 0.6) is 0 Å². The number of aryl methyl sites for hydroxylation is 1. The van der Waals surface area contributed by atoms with Gasteiger partial charge in [0.25, 0.3) is 5.91 Å². The maximum Gasteiger partial charge on any atom is 0.339 e. The first-order valence-electron chi connectivity index (χ1n) is 6.98. The fraction of sp³-hybridized carbons (Fsp3) is 0.312. The zero-order chi connectivity index (χ0) is 17.4. The molecule has 0 unspecified atom stereocenters. The Hall–Kier alpha value is -2.34. The monoisotopic (exact) mass is 335 g/mol. The number of nitrogens with zero attached hydrogens (tertiary/aromatic N) is 2. The molecule has 0 spiro atoms. The van der Waals surface area contributed by atoms with Gasteiger partial charge in [-0.15, -0.1) is 0 Å². The van der Waals surface area contributed by atoms with Crippen LogP contribution in [0, 0.1) is 0 Å². The van der Waals surface area contributed by atoms with Gasteiger partial charge >= 0.3 is 5.97 Å². The number of anilines is 1. The minimum Gasteiger partial charge on any atom is -0.478 e. The molecule has 0 radical (unpaired) electrons. The predicted molar refractivity (Wildman–Crippen MR) is 88.3 cm³/mol. The van der Waals surface area contributed by atoms with E-state index in [-0.39, 0.29) is 16.7 Å². The highest BCUT2D eigenvalue weighted by Crippen LogP contribution is 2.31. The molecule has 2 aromatic rings. The van der Waals surface area contributed by atoms with Gasteiger partial charge < -0.3 is 10.4 Å². The quantitative estimate of drug-likeness (QED) is 0.901. The standard InChI is InChI=1S/C16H18ClN3O3/c1-16(2,3)11-6-5-9(7-12(11)17)19-14(21)13-10(15(22)23)8-18-20(13)4/h5-8H,1-4H3,(H,19,21)(H,22,23). The van der Waals surface area contributed by atoms with Crippen molar-refractivity contribution in [2.24, 2.45) is 7.05 Å². The summed E-state index contributed by atoms with van der Waals surface area (Å²) in [6.45, 7) is 6.13. The average Bonchev–Trinajstić information content (AvgIpc) is 2.79. The minimum atomic E-state index is -1.20. The number of carboxylic acid groups (broad SMARTS) is 1. The molecular weight excluding hydrogens is 318 g/mol. The van der Waals surface area contributed by atoms with Gasteiger partial charge in [-0.3, -0.25) is 9.48 Å². The maximum atomic E-state index is 12.3. The number of carbonyl (C=O) groups excluding carboxylic acids is 1. The Bertz CT molecular complexity index is 775. The summed E-state index contributed by atoms with van der Waals surface area (Å²) in [5, 5.41) is 16.1. The normalized spacial score (nSPS) is 11.3. The molecule has 0 aliphatic carbocycles. The van der Waals surface area contributed by atoms with Crippen LogP contribution in [0.1, 0.15) is 47.2 Å². The second-order valence-corrected chi connectivity index (χ2v) is 6.64. The zero-order valence-electron chi connectivity index (χ0n) is 13.3. The maximum absolute atomic E-state index is 12.3. The van der Waals surface area contributed by atoms with Crippen LogP contribution in [0.25, 0.3) is 0 Å². The summed E-state index contributed by atoms with van der Waals surface area (Å²) in [4.78, 5) is 23.5. The van der Waals surface area contributed by atoms with Gasteiger partial charge in [-0.25, -0.2) is 4.79 Å². The number of amides is 1. The number of halogens is 1. The van der Waals surface area contributed by atoms with Gasteiger partial charge in [0.2, 0.25) is 0 Å². The lowest BCUT2D eigenvalue weighted by atomic mass is 9.87. The Kier molecular flexibility index (Phi) is 4.47. The number of benzene rings is 1. The third-order valence-corrected chi connectivity index (χ3v) is 3.73. The van der Waals surface area contributed by atoms with Crippen molar-refractivity contribution in [3.63, 3.8) is 0 Å². The number of carbonyl (C=O) groups is 2. The van der Waals surface area contributed by atoms with Gasteiger partial charge in [0.15, 0.2) is 0 Å². The molecule has 0 saturated carbocycles. The highest BCUT2D eigenvalue weighted by molar-refractivity contribution is 6.31. The summed E-state index contributed by atoms with van der Waals surface area (Å²) < 4.78 is 1.23. The summed E-state index contributed by atoms with van der Waals surface area (Å²) in [6, 6.07) is 5.23. The van der Waals surface area contributed by atoms with Crippen molar-refractivity contribution in [3.8, 4) is 0 Å². The van der Waals surface area contributed by atoms with E-state index in [2.05, 4.69) is 10.4 Å². The molecule has 0 fully saturated rings. The first kappa shape index (κ1) is 17.0. The van der Waals surface area contributed by atoms with Crippen molar-refractivity contribution in [3.05, 3.63) is 46.2 Å². The van der Waals surface area contributed by atoms with E-state index >= 15 is 0 Å². The van der Waals surface area contributed by atoms with E-state index in [9.17, 15) is 9.59 Å². The number of rotatable bonds is 3. The fourth-order valence-electron chi connectivity index (χ4n) is 2.25. The number of nitrogens with one attached hydrogen (secondary N) is 1. The van der Waals surface area contributed by atoms with E-state index in [1.165, 1.54) is 11.7 Å². The van der Waals surface area contributed by atoms with E-state index in [0.29, 0.717) is 10.7 Å². The van der Waals surface area contributed by atoms with Crippen LogP contribution in [-0.2, 0) is 12.5 Å². The van der Waals surface area contributed by atoms with E-state index in [0.717, 1.165) is 11.8 Å². The van der Waals surface area contributed by atoms with Crippen LogP contribution in [0.15, 0.2) is 24.4 Å². The van der Waals surface area contributed by atoms with Crippen molar-refractivity contribution in [1.82, 2.24) is 9.78 Å². The molecule has 2 rings (SSSR count). The molecule has 23 heavy (non-hydrogen) atoms. The lowest BCUT2D eigenvalue weighted by molar-refractivity contribution is 0.0692. The number of aromatic nitrogens is 2. The van der Waals surface area contributed by atoms with Crippen molar-refractivity contribution < 1.29 is 14.7 Å². The summed E-state index contributed by atoms with van der Waals surface area (Å²) >= 11 is 6.27. The van der Waals surface area contributed by atoms with Crippen LogP contribution in [0.2, 0.25) is 5.02 Å². The summed E-state index contributed by atoms with van der Waals surface area (Å²) in [5.41, 5.74) is 1.17. The molecule has 0 bridgehead atoms. The molecule has 7 heteroatoms. The van der Waals surface area contributed by atoms with Crippen molar-refractivity contribution in [2.75, 3.05) is 5.32 Å². The summed E-state index contributed by atoms with van der Waals surface area (Å²) in [5.74, 6) is -1.76. The smallest absolute Gasteiger partial charge is 0.339 e. The van der Waals surface area contributed by atoms with Gasteiger partial charge in [-0.1, -0.05) is 38.4 Å². The molecule has 1 amide bonds. The fourth-order valence-corrected chi connectivity index (χ4v) is 2.72. The van der Waals surface area contributed by atoms with E-state index < -0.39 is 11.9 Å². The molecule has 1 heterocycles. The van der Waals surface area contributed by atoms with Crippen LogP contribution in [0.3, 0.4) is 0 Å². The Morgan fingerprint density at radius 3 is 2.48 bits per heavy atom. The lowest BCUT2D eigenvalue weighted by Crippen LogP contribution is -2.19. The molecule has 1 aromatic carbocycles. The Labute approximate surface area is 139 Å². The minimum absolute atomic E-state index is 0.0199. The largest absolute Gasteiger partial charge is 0.478 e. The molecule has 0 atom stereocenters. The Morgan fingerprint density at radius 1 is 1.30 bits per heavy atom. The van der Waals surface area contributed by atoms with Gasteiger partial charge in [0.1, 0.15) is 11.3 Å². The second-order valence-electron chi connectivity index (χ2n) is 6.23. The zero-order valence-corrected chi connectivity index (χ0v) is 14.1. The number of hydrogen-bond acceptors (Lipinski definition) is 3. The van der Waals surface area contributed by atoms with Crippen LogP contribution >= 0.6 is 11.6 Å². The molecule has 0 saturated heterocycles. The van der Waals surface area contributed by atoms with Crippen molar-refractivity contribution >= 4 is 29.2 Å². The SMILES string of the molecule is Cn1ncc(C(=O)O)c1C(=O)Nc1ccc(C(C)(C)C)c(Cl)c1. The molecule has 0 aliphatic rings. The van der Waals surface area contributed by atoms with Gasteiger partial charge in [-0.2, -0.15) is 5.10 Å². The van der Waals surface area contributed by atoms with Gasteiger partial charge in [0.05, 0.1) is 6.20 Å². The second kappa shape index (κ2) is 6.04. The topological polar surface area (TPSA) is 84.2 Å². The van der Waals surface area contributed by atoms with Crippen molar-refractivity contribution in [1.29, 1.82) is 0 Å². The molecule has 1 aromatic heterocycles. The number of carboxylic acids is 1. The third-order valence-electron chi connectivity index (χ3n) is 3.42. The van der Waals surface area contributed by atoms with Crippen LogP contribution < -0.4 is 5.32 Å². The van der Waals surface area contributed by atoms with Crippen molar-refractivity contribution in [2.45, 2.75) is 26.2 Å². The summed E-state index contributed by atoms with van der Waals surface area (Å²) in [7, 11) is 1.51. The van der Waals surface area contributed by atoms with Crippen LogP contribution in [0.4, 0.5) is 5.69 Å². The predicted octanol–water partition coefficient (Wildman–Crippen LogP) is 3.32. The molecule has 122 valence electrons. The van der Waals surface area contributed by atoms with E-state index in [4.69, 9.17) is 16.7 Å². The highest BCUT2D eigenvalue weighted by atomic mass is 35.5. The molecule has 6 nitrogen and oxygen atoms in total. The third kappa shape index (κ3) is 3.53. The van der Waals surface area contributed by atoms with Gasteiger partial charge in [-0.05, 0) is 23.1 Å². The average molecular weight is 336 g/mol. The highest BCUT2D eigenvalue weighted by Gasteiger charge is 2.22. The molecule has 0 aliphatic heterocycles. The van der Waals surface area contributed by atoms with E-state index in [1.54, 1.807) is 12.1 Å². The van der Waals surface area contributed by atoms with Crippen LogP contribution in [-0.4, -0.2) is 26.8 Å².